The van der Waals surface area contributed by atoms with E-state index in [9.17, 15) is 36.0 Å². The maximum absolute atomic E-state index is 13.4. The summed E-state index contributed by atoms with van der Waals surface area (Å²) >= 11 is 0. The summed E-state index contributed by atoms with van der Waals surface area (Å²) in [5.74, 6) is -1.76. The standard InChI is InChI=1S/C35H40F3N3O7S/c1-23(2)31(40-34(44)48-21-24-9-5-3-6-10-24)33(43)47-22-30(25-11-7-4-8-12-25)39-32(42)26-13-17-28(18-14-26)41-49(45,46)29-19-15-27(16-20-29)35(36,37)38/h3-12,15-16,19-20,23,26,28,30-31,41H,13-14,17-18,21-22H2,1-2H3,(H,39,42)(H,40,44)/t26?,28?,30-,31?/m1/s1. The van der Waals surface area contributed by atoms with Gasteiger partial charge in [0.15, 0.2) is 0 Å². The predicted octanol–water partition coefficient (Wildman–Crippen LogP) is 5.89. The first-order valence-electron chi connectivity index (χ1n) is 15.9. The van der Waals surface area contributed by atoms with Crippen LogP contribution in [0, 0.1) is 11.8 Å². The molecule has 2 atom stereocenters. The van der Waals surface area contributed by atoms with Crippen molar-refractivity contribution < 1.29 is 45.4 Å². The third-order valence-electron chi connectivity index (χ3n) is 8.23. The quantitative estimate of drug-likeness (QED) is 0.189. The molecule has 3 N–H and O–H groups in total. The summed E-state index contributed by atoms with van der Waals surface area (Å²) in [5, 5.41) is 5.52. The van der Waals surface area contributed by atoms with Crippen molar-refractivity contribution in [3.05, 3.63) is 102 Å². The van der Waals surface area contributed by atoms with E-state index in [0.29, 0.717) is 31.2 Å². The lowest BCUT2D eigenvalue weighted by Gasteiger charge is -2.30. The Bertz CT molecular complexity index is 1650. The van der Waals surface area contributed by atoms with Crippen molar-refractivity contribution in [1.29, 1.82) is 0 Å². The number of carbonyl (C=O) groups is 3. The Morgan fingerprint density at radius 1 is 0.816 bits per heavy atom. The number of benzene rings is 3. The highest BCUT2D eigenvalue weighted by atomic mass is 32.2. The molecule has 0 aromatic heterocycles. The molecule has 0 radical (unpaired) electrons. The topological polar surface area (TPSA) is 140 Å². The van der Waals surface area contributed by atoms with E-state index in [0.717, 1.165) is 29.8 Å². The van der Waals surface area contributed by atoms with Crippen molar-refractivity contribution in [2.24, 2.45) is 11.8 Å². The highest BCUT2D eigenvalue weighted by molar-refractivity contribution is 7.89. The number of esters is 1. The van der Waals surface area contributed by atoms with E-state index in [4.69, 9.17) is 9.47 Å². The second kappa shape index (κ2) is 16.8. The van der Waals surface area contributed by atoms with Gasteiger partial charge in [0.25, 0.3) is 0 Å². The molecule has 49 heavy (non-hydrogen) atoms. The molecule has 1 unspecified atom stereocenters. The minimum atomic E-state index is -4.58. The van der Waals surface area contributed by atoms with Crippen LogP contribution in [0.25, 0.3) is 0 Å². The average molecular weight is 704 g/mol. The molecule has 0 bridgehead atoms. The average Bonchev–Trinajstić information content (AvgIpc) is 3.08. The van der Waals surface area contributed by atoms with Gasteiger partial charge in [-0.25, -0.2) is 22.7 Å². The maximum Gasteiger partial charge on any atom is 0.416 e. The molecule has 264 valence electrons. The van der Waals surface area contributed by atoms with Gasteiger partial charge in [0.2, 0.25) is 15.9 Å². The third-order valence-corrected chi connectivity index (χ3v) is 9.77. The van der Waals surface area contributed by atoms with E-state index in [1.807, 2.05) is 18.2 Å². The van der Waals surface area contributed by atoms with Crippen LogP contribution < -0.4 is 15.4 Å². The van der Waals surface area contributed by atoms with Crippen molar-refractivity contribution in [2.75, 3.05) is 6.61 Å². The molecule has 10 nitrogen and oxygen atoms in total. The number of halogens is 3. The summed E-state index contributed by atoms with van der Waals surface area (Å²) in [5.41, 5.74) is 0.533. The number of alkyl halides is 3. The zero-order valence-electron chi connectivity index (χ0n) is 27.1. The van der Waals surface area contributed by atoms with Gasteiger partial charge >= 0.3 is 18.2 Å². The minimum absolute atomic E-state index is 0.0294. The van der Waals surface area contributed by atoms with E-state index in [-0.39, 0.29) is 29.9 Å². The SMILES string of the molecule is CC(C)C(NC(=O)OCc1ccccc1)C(=O)OC[C@@H](NC(=O)C1CCC(NS(=O)(=O)c2ccc(C(F)(F)F)cc2)CC1)c1ccccc1. The van der Waals surface area contributed by atoms with Crippen LogP contribution in [0.4, 0.5) is 18.0 Å². The lowest BCUT2D eigenvalue weighted by atomic mass is 9.85. The Labute approximate surface area is 283 Å². The normalized spacial score (nSPS) is 17.8. The van der Waals surface area contributed by atoms with Gasteiger partial charge in [0, 0.05) is 12.0 Å². The monoisotopic (exact) mass is 703 g/mol. The molecular weight excluding hydrogens is 663 g/mol. The second-order valence-corrected chi connectivity index (χ2v) is 13.9. The molecule has 0 saturated heterocycles. The molecule has 1 fully saturated rings. The van der Waals surface area contributed by atoms with Crippen molar-refractivity contribution in [3.63, 3.8) is 0 Å². The zero-order valence-corrected chi connectivity index (χ0v) is 27.9. The fraction of sp³-hybridized carbons (Fsp3) is 0.400. The van der Waals surface area contributed by atoms with Gasteiger partial charge in [-0.15, -0.1) is 0 Å². The summed E-state index contributed by atoms with van der Waals surface area (Å²) < 4.78 is 77.6. The molecule has 1 aliphatic rings. The largest absolute Gasteiger partial charge is 0.462 e. The highest BCUT2D eigenvalue weighted by Gasteiger charge is 2.33. The smallest absolute Gasteiger partial charge is 0.416 e. The summed E-state index contributed by atoms with van der Waals surface area (Å²) in [6.07, 6.45) is -3.96. The lowest BCUT2D eigenvalue weighted by Crippen LogP contribution is -2.46. The summed E-state index contributed by atoms with van der Waals surface area (Å²) in [7, 11) is -4.07. The number of alkyl carbamates (subject to hydrolysis) is 1. The Balaban J connectivity index is 1.31. The Morgan fingerprint density at radius 2 is 1.41 bits per heavy atom. The van der Waals surface area contributed by atoms with Crippen LogP contribution in [0.1, 0.15) is 62.3 Å². The van der Waals surface area contributed by atoms with Gasteiger partial charge < -0.3 is 20.1 Å². The second-order valence-electron chi connectivity index (χ2n) is 12.2. The van der Waals surface area contributed by atoms with E-state index in [1.165, 1.54) is 0 Å². The molecule has 3 aromatic rings. The van der Waals surface area contributed by atoms with Crippen LogP contribution in [0.3, 0.4) is 0 Å². The number of carbonyl (C=O) groups excluding carboxylic acids is 3. The summed E-state index contributed by atoms with van der Waals surface area (Å²) in [4.78, 5) is 38.7. The zero-order chi connectivity index (χ0) is 35.6. The number of rotatable bonds is 13. The lowest BCUT2D eigenvalue weighted by molar-refractivity contribution is -0.148. The van der Waals surface area contributed by atoms with E-state index >= 15 is 0 Å². The van der Waals surface area contributed by atoms with Gasteiger partial charge in [-0.3, -0.25) is 4.79 Å². The van der Waals surface area contributed by atoms with E-state index < -0.39 is 57.9 Å². The number of nitrogens with one attached hydrogen (secondary N) is 3. The summed E-state index contributed by atoms with van der Waals surface area (Å²) in [6, 6.07) is 19.1. The van der Waals surface area contributed by atoms with Crippen LogP contribution in [0.5, 0.6) is 0 Å². The van der Waals surface area contributed by atoms with Crippen molar-refractivity contribution in [3.8, 4) is 0 Å². The highest BCUT2D eigenvalue weighted by Crippen LogP contribution is 2.31. The fourth-order valence-electron chi connectivity index (χ4n) is 5.42. The first-order valence-corrected chi connectivity index (χ1v) is 17.4. The van der Waals surface area contributed by atoms with Crippen molar-refractivity contribution in [1.82, 2.24) is 15.4 Å². The molecular formula is C35H40F3N3O7S. The number of hydrogen-bond acceptors (Lipinski definition) is 7. The molecule has 1 saturated carbocycles. The number of ether oxygens (including phenoxy) is 2. The first kappa shape index (κ1) is 37.4. The minimum Gasteiger partial charge on any atom is -0.462 e. The Kier molecular flexibility index (Phi) is 12.8. The molecule has 14 heteroatoms. The van der Waals surface area contributed by atoms with Crippen LogP contribution in [-0.4, -0.2) is 45.1 Å². The fourth-order valence-corrected chi connectivity index (χ4v) is 6.73. The molecule has 0 spiro atoms. The molecule has 0 aliphatic heterocycles. The molecule has 3 aromatic carbocycles. The van der Waals surface area contributed by atoms with Crippen LogP contribution in [0.15, 0.2) is 89.8 Å². The van der Waals surface area contributed by atoms with Gasteiger partial charge in [-0.2, -0.15) is 13.2 Å². The third kappa shape index (κ3) is 11.0. The van der Waals surface area contributed by atoms with Crippen LogP contribution in [0.2, 0.25) is 0 Å². The number of sulfonamides is 1. The van der Waals surface area contributed by atoms with Gasteiger partial charge in [0.1, 0.15) is 19.3 Å². The predicted molar refractivity (Wildman–Crippen MR) is 174 cm³/mol. The van der Waals surface area contributed by atoms with Crippen molar-refractivity contribution in [2.45, 2.75) is 75.3 Å². The summed E-state index contributed by atoms with van der Waals surface area (Å²) in [6.45, 7) is 3.32. The van der Waals surface area contributed by atoms with Gasteiger partial charge in [-0.05, 0) is 67.0 Å². The van der Waals surface area contributed by atoms with Crippen molar-refractivity contribution >= 4 is 28.0 Å². The van der Waals surface area contributed by atoms with Crippen LogP contribution >= 0.6 is 0 Å². The number of hydrogen-bond donors (Lipinski definition) is 3. The Morgan fingerprint density at radius 3 is 1.98 bits per heavy atom. The van der Waals surface area contributed by atoms with Crippen LogP contribution in [-0.2, 0) is 41.9 Å². The van der Waals surface area contributed by atoms with E-state index in [1.54, 1.807) is 56.3 Å². The molecule has 4 rings (SSSR count). The molecule has 0 heterocycles. The number of amides is 2. The Hall–Kier alpha value is -4.43. The van der Waals surface area contributed by atoms with Gasteiger partial charge in [0.05, 0.1) is 16.5 Å². The van der Waals surface area contributed by atoms with Gasteiger partial charge in [-0.1, -0.05) is 74.5 Å². The molecule has 2 amide bonds. The molecule has 1 aliphatic carbocycles. The first-order chi connectivity index (χ1) is 23.2. The maximum atomic E-state index is 13.4. The van der Waals surface area contributed by atoms with E-state index in [2.05, 4.69) is 15.4 Å².